The molecule has 0 spiro atoms. The summed E-state index contributed by atoms with van der Waals surface area (Å²) in [6.45, 7) is 2.31. The molecular weight excluding hydrogens is 386 g/mol. The highest BCUT2D eigenvalue weighted by atomic mass is 16.6. The highest BCUT2D eigenvalue weighted by molar-refractivity contribution is 5.76. The summed E-state index contributed by atoms with van der Waals surface area (Å²) in [6, 6.07) is 9.13. The number of likely N-dealkylation sites (tertiary alicyclic amines) is 1. The molecule has 8 nitrogen and oxygen atoms in total. The number of nitrogens with zero attached hydrogens (tertiary/aromatic N) is 3. The van der Waals surface area contributed by atoms with Crippen LogP contribution >= 0.6 is 0 Å². The van der Waals surface area contributed by atoms with Gasteiger partial charge in [-0.1, -0.05) is 12.1 Å². The Morgan fingerprint density at radius 2 is 2.07 bits per heavy atom. The van der Waals surface area contributed by atoms with Gasteiger partial charge in [-0.15, -0.1) is 0 Å². The third kappa shape index (κ3) is 3.26. The van der Waals surface area contributed by atoms with Crippen molar-refractivity contribution in [3.63, 3.8) is 0 Å². The number of rotatable bonds is 4. The molecule has 2 atom stereocenters. The number of aryl methyl sites for hydroxylation is 1. The number of amides is 1. The van der Waals surface area contributed by atoms with Crippen molar-refractivity contribution in [2.45, 2.75) is 38.1 Å². The third-order valence-electron chi connectivity index (χ3n) is 6.51. The van der Waals surface area contributed by atoms with E-state index in [4.69, 9.17) is 4.74 Å². The molecule has 2 bridgehead atoms. The van der Waals surface area contributed by atoms with Gasteiger partial charge in [0.15, 0.2) is 0 Å². The van der Waals surface area contributed by atoms with Crippen molar-refractivity contribution >= 4 is 11.6 Å². The molecule has 30 heavy (non-hydrogen) atoms. The average Bonchev–Trinajstić information content (AvgIpc) is 3.20. The van der Waals surface area contributed by atoms with E-state index in [-0.39, 0.29) is 23.4 Å². The number of ether oxygens (including phenoxy) is 1. The van der Waals surface area contributed by atoms with Gasteiger partial charge in [0.05, 0.1) is 11.5 Å². The average molecular weight is 409 g/mol. The van der Waals surface area contributed by atoms with Crippen LogP contribution in [0.15, 0.2) is 35.1 Å². The molecule has 4 heterocycles. The predicted molar refractivity (Wildman–Crippen MR) is 109 cm³/mol. The monoisotopic (exact) mass is 409 g/mol. The first-order valence-electron chi connectivity index (χ1n) is 10.4. The minimum atomic E-state index is -0.624. The standard InChI is InChI=1S/C22H23N3O5/c26-21(6-2-14-1-5-20-16(9-14)7-8-30-20)23-11-15-10-17(13-23)18-3-4-19(25(28)29)22(27)24(18)12-15/h1,3-5,9,15,17H,2,6-8,10-13H2/t15-,17+/m1/s1. The molecule has 2 aromatic rings. The van der Waals surface area contributed by atoms with Crippen LogP contribution in [0.3, 0.4) is 0 Å². The Morgan fingerprint density at radius 3 is 2.90 bits per heavy atom. The summed E-state index contributed by atoms with van der Waals surface area (Å²) in [5, 5.41) is 11.1. The van der Waals surface area contributed by atoms with Crippen LogP contribution in [-0.2, 0) is 24.2 Å². The van der Waals surface area contributed by atoms with Crippen molar-refractivity contribution in [2.75, 3.05) is 19.7 Å². The second-order valence-electron chi connectivity index (χ2n) is 8.45. The lowest BCUT2D eigenvalue weighted by atomic mass is 9.83. The quantitative estimate of drug-likeness (QED) is 0.570. The number of piperidine rings is 1. The van der Waals surface area contributed by atoms with Gasteiger partial charge in [0.25, 0.3) is 0 Å². The topological polar surface area (TPSA) is 94.7 Å². The van der Waals surface area contributed by atoms with Crippen LogP contribution in [0.2, 0.25) is 0 Å². The van der Waals surface area contributed by atoms with Crippen molar-refractivity contribution in [1.82, 2.24) is 9.47 Å². The van der Waals surface area contributed by atoms with E-state index in [0.717, 1.165) is 36.5 Å². The lowest BCUT2D eigenvalue weighted by Gasteiger charge is -2.42. The largest absolute Gasteiger partial charge is 0.493 e. The van der Waals surface area contributed by atoms with Gasteiger partial charge in [0.1, 0.15) is 5.75 Å². The van der Waals surface area contributed by atoms with Gasteiger partial charge in [0, 0.05) is 50.2 Å². The van der Waals surface area contributed by atoms with Crippen molar-refractivity contribution in [2.24, 2.45) is 5.92 Å². The van der Waals surface area contributed by atoms with Gasteiger partial charge in [-0.05, 0) is 42.0 Å². The zero-order valence-electron chi connectivity index (χ0n) is 16.6. The summed E-state index contributed by atoms with van der Waals surface area (Å²) >= 11 is 0. The molecule has 3 aliphatic heterocycles. The van der Waals surface area contributed by atoms with Gasteiger partial charge in [-0.2, -0.15) is 0 Å². The number of hydrogen-bond donors (Lipinski definition) is 0. The lowest BCUT2D eigenvalue weighted by Crippen LogP contribution is -2.49. The van der Waals surface area contributed by atoms with E-state index in [1.165, 1.54) is 11.6 Å². The number of fused-ring (bicyclic) bond motifs is 5. The fourth-order valence-corrected chi connectivity index (χ4v) is 5.08. The van der Waals surface area contributed by atoms with E-state index in [1.54, 1.807) is 10.6 Å². The Labute approximate surface area is 173 Å². The molecule has 1 fully saturated rings. The highest BCUT2D eigenvalue weighted by Crippen LogP contribution is 2.36. The zero-order valence-corrected chi connectivity index (χ0v) is 16.6. The summed E-state index contributed by atoms with van der Waals surface area (Å²) in [4.78, 5) is 37.7. The van der Waals surface area contributed by atoms with Crippen LogP contribution in [0, 0.1) is 16.0 Å². The molecule has 1 saturated heterocycles. The van der Waals surface area contributed by atoms with Crippen LogP contribution in [0.1, 0.15) is 35.6 Å². The summed E-state index contributed by atoms with van der Waals surface area (Å²) in [5.74, 6) is 1.27. The first-order valence-corrected chi connectivity index (χ1v) is 10.4. The smallest absolute Gasteiger partial charge is 0.334 e. The molecule has 1 amide bonds. The predicted octanol–water partition coefficient (Wildman–Crippen LogP) is 2.27. The van der Waals surface area contributed by atoms with E-state index in [1.807, 2.05) is 17.0 Å². The molecule has 156 valence electrons. The molecule has 0 radical (unpaired) electrons. The maximum atomic E-state index is 12.9. The first-order chi connectivity index (χ1) is 14.5. The molecule has 8 heteroatoms. The number of carbonyl (C=O) groups excluding carboxylic acids is 1. The first kappa shape index (κ1) is 18.8. The van der Waals surface area contributed by atoms with E-state index in [0.29, 0.717) is 32.5 Å². The maximum absolute atomic E-state index is 12.9. The highest BCUT2D eigenvalue weighted by Gasteiger charge is 2.37. The summed E-state index contributed by atoms with van der Waals surface area (Å²) in [5.41, 5.74) is 2.24. The number of hydrogen-bond acceptors (Lipinski definition) is 5. The van der Waals surface area contributed by atoms with Gasteiger partial charge in [0.2, 0.25) is 5.91 Å². The molecule has 1 aromatic carbocycles. The molecule has 1 aromatic heterocycles. The van der Waals surface area contributed by atoms with Gasteiger partial charge in [-0.3, -0.25) is 19.7 Å². The van der Waals surface area contributed by atoms with Crippen molar-refractivity contribution < 1.29 is 14.5 Å². The second kappa shape index (κ2) is 7.27. The summed E-state index contributed by atoms with van der Waals surface area (Å²) < 4.78 is 7.08. The van der Waals surface area contributed by atoms with Crippen molar-refractivity contribution in [3.05, 3.63) is 67.6 Å². The number of aromatic nitrogens is 1. The van der Waals surface area contributed by atoms with Gasteiger partial charge < -0.3 is 14.2 Å². The number of pyridine rings is 1. The summed E-state index contributed by atoms with van der Waals surface area (Å²) in [7, 11) is 0. The molecular formula is C22H23N3O5. The van der Waals surface area contributed by atoms with Crippen molar-refractivity contribution in [1.29, 1.82) is 0 Å². The molecule has 0 saturated carbocycles. The van der Waals surface area contributed by atoms with E-state index >= 15 is 0 Å². The van der Waals surface area contributed by atoms with Crippen LogP contribution < -0.4 is 10.3 Å². The van der Waals surface area contributed by atoms with Crippen LogP contribution in [-0.4, -0.2) is 40.0 Å². The Bertz CT molecular complexity index is 1090. The lowest BCUT2D eigenvalue weighted by molar-refractivity contribution is -0.386. The molecule has 0 aliphatic carbocycles. The SMILES string of the molecule is O=C(CCc1ccc2c(c1)CCO2)N1C[C@H]2C[C@@H](C1)c1ccc([N+](=O)[O-])c(=O)n1C2. The minimum Gasteiger partial charge on any atom is -0.493 e. The van der Waals surface area contributed by atoms with Crippen LogP contribution in [0.25, 0.3) is 0 Å². The Kier molecular flexibility index (Phi) is 4.56. The van der Waals surface area contributed by atoms with E-state index in [9.17, 15) is 19.7 Å². The van der Waals surface area contributed by atoms with E-state index < -0.39 is 10.5 Å². The number of carbonyl (C=O) groups is 1. The fraction of sp³-hybridized carbons (Fsp3) is 0.455. The Balaban J connectivity index is 1.28. The van der Waals surface area contributed by atoms with E-state index in [2.05, 4.69) is 6.07 Å². The summed E-state index contributed by atoms with van der Waals surface area (Å²) in [6.07, 6.45) is 2.97. The van der Waals surface area contributed by atoms with Gasteiger partial charge >= 0.3 is 11.2 Å². The van der Waals surface area contributed by atoms with Gasteiger partial charge in [-0.25, -0.2) is 0 Å². The van der Waals surface area contributed by atoms with Crippen LogP contribution in [0.4, 0.5) is 5.69 Å². The number of benzene rings is 1. The Morgan fingerprint density at radius 1 is 1.20 bits per heavy atom. The second-order valence-corrected chi connectivity index (χ2v) is 8.45. The van der Waals surface area contributed by atoms with Crippen molar-refractivity contribution in [3.8, 4) is 5.75 Å². The molecule has 3 aliphatic rings. The van der Waals surface area contributed by atoms with Crippen LogP contribution in [0.5, 0.6) is 5.75 Å². The number of nitro groups is 1. The molecule has 0 N–H and O–H groups in total. The third-order valence-corrected chi connectivity index (χ3v) is 6.51. The minimum absolute atomic E-state index is 0.0482. The maximum Gasteiger partial charge on any atom is 0.334 e. The molecule has 0 unspecified atom stereocenters. The zero-order chi connectivity index (χ0) is 20.8. The Hall–Kier alpha value is -3.16. The fourth-order valence-electron chi connectivity index (χ4n) is 5.08. The molecule has 5 rings (SSSR count). The normalized spacial score (nSPS) is 21.5.